The minimum atomic E-state index is 0.128. The fourth-order valence-electron chi connectivity index (χ4n) is 2.44. The number of hydrogen-bond donors (Lipinski definition) is 1. The predicted octanol–water partition coefficient (Wildman–Crippen LogP) is 3.63. The Morgan fingerprint density at radius 1 is 1.21 bits per heavy atom. The summed E-state index contributed by atoms with van der Waals surface area (Å²) in [6.45, 7) is 9.39. The van der Waals surface area contributed by atoms with Crippen molar-refractivity contribution in [3.05, 3.63) is 41.1 Å². The lowest BCUT2D eigenvalue weighted by atomic mass is 9.84. The molecule has 2 heteroatoms. The standard InChI is InChI=1S/C17H24N2/c1-5-13-6-7-16-15(9-13)14(8-12(2)19-16)10-17(3,4)11-18/h6-9H,5,10-11,18H2,1-4H3. The van der Waals surface area contributed by atoms with Gasteiger partial charge in [0, 0.05) is 11.1 Å². The van der Waals surface area contributed by atoms with Crippen LogP contribution in [-0.2, 0) is 12.8 Å². The van der Waals surface area contributed by atoms with Crippen LogP contribution >= 0.6 is 0 Å². The van der Waals surface area contributed by atoms with Crippen LogP contribution in [-0.4, -0.2) is 11.5 Å². The summed E-state index contributed by atoms with van der Waals surface area (Å²) in [5, 5.41) is 1.28. The van der Waals surface area contributed by atoms with Gasteiger partial charge in [0.25, 0.3) is 0 Å². The van der Waals surface area contributed by atoms with Gasteiger partial charge in [-0.25, -0.2) is 0 Å². The van der Waals surface area contributed by atoms with Gasteiger partial charge in [-0.1, -0.05) is 26.8 Å². The number of nitrogens with zero attached hydrogens (tertiary/aromatic N) is 1. The van der Waals surface area contributed by atoms with Crippen molar-refractivity contribution in [2.45, 2.75) is 40.5 Å². The van der Waals surface area contributed by atoms with Gasteiger partial charge in [-0.15, -0.1) is 0 Å². The molecule has 102 valence electrons. The Labute approximate surface area is 116 Å². The molecule has 0 aliphatic carbocycles. The maximum atomic E-state index is 5.88. The Bertz CT molecular complexity index is 585. The molecule has 2 N–H and O–H groups in total. The van der Waals surface area contributed by atoms with Gasteiger partial charge in [0.15, 0.2) is 0 Å². The minimum absolute atomic E-state index is 0.128. The van der Waals surface area contributed by atoms with E-state index >= 15 is 0 Å². The molecule has 1 aromatic heterocycles. The summed E-state index contributed by atoms with van der Waals surface area (Å²) >= 11 is 0. The molecule has 0 saturated heterocycles. The lowest BCUT2D eigenvalue weighted by Gasteiger charge is -2.23. The molecule has 19 heavy (non-hydrogen) atoms. The first-order chi connectivity index (χ1) is 8.95. The highest BCUT2D eigenvalue weighted by molar-refractivity contribution is 5.83. The summed E-state index contributed by atoms with van der Waals surface area (Å²) in [5.74, 6) is 0. The van der Waals surface area contributed by atoms with Crippen LogP contribution in [0, 0.1) is 12.3 Å². The van der Waals surface area contributed by atoms with Crippen LogP contribution in [0.5, 0.6) is 0 Å². The number of fused-ring (bicyclic) bond motifs is 1. The third-order valence-corrected chi connectivity index (χ3v) is 3.72. The van der Waals surface area contributed by atoms with Crippen LogP contribution in [0.15, 0.2) is 24.3 Å². The van der Waals surface area contributed by atoms with Crippen LogP contribution < -0.4 is 5.73 Å². The first kappa shape index (κ1) is 14.0. The molecule has 0 atom stereocenters. The van der Waals surface area contributed by atoms with Crippen LogP contribution in [0.4, 0.5) is 0 Å². The fraction of sp³-hybridized carbons (Fsp3) is 0.471. The highest BCUT2D eigenvalue weighted by atomic mass is 14.7. The molecule has 2 aromatic rings. The summed E-state index contributed by atoms with van der Waals surface area (Å²) in [6.07, 6.45) is 2.06. The van der Waals surface area contributed by atoms with E-state index in [0.29, 0.717) is 6.54 Å². The van der Waals surface area contributed by atoms with Crippen molar-refractivity contribution >= 4 is 10.9 Å². The Balaban J connectivity index is 2.57. The lowest BCUT2D eigenvalue weighted by Crippen LogP contribution is -2.26. The monoisotopic (exact) mass is 256 g/mol. The van der Waals surface area contributed by atoms with Gasteiger partial charge < -0.3 is 5.73 Å². The van der Waals surface area contributed by atoms with E-state index in [0.717, 1.165) is 24.1 Å². The van der Waals surface area contributed by atoms with E-state index in [1.165, 1.54) is 16.5 Å². The van der Waals surface area contributed by atoms with Crippen molar-refractivity contribution in [1.82, 2.24) is 4.98 Å². The summed E-state index contributed by atoms with van der Waals surface area (Å²) in [7, 11) is 0. The van der Waals surface area contributed by atoms with Crippen LogP contribution in [0.2, 0.25) is 0 Å². The maximum absolute atomic E-state index is 5.88. The Morgan fingerprint density at radius 2 is 1.95 bits per heavy atom. The summed E-state index contributed by atoms with van der Waals surface area (Å²) in [4.78, 5) is 4.64. The molecule has 0 fully saturated rings. The van der Waals surface area contributed by atoms with Crippen LogP contribution in [0.1, 0.15) is 37.6 Å². The van der Waals surface area contributed by atoms with Gasteiger partial charge >= 0.3 is 0 Å². The normalized spacial score (nSPS) is 12.1. The topological polar surface area (TPSA) is 38.9 Å². The Kier molecular flexibility index (Phi) is 3.91. The number of pyridine rings is 1. The second kappa shape index (κ2) is 5.30. The summed E-state index contributed by atoms with van der Waals surface area (Å²) in [6, 6.07) is 8.80. The first-order valence-corrected chi connectivity index (χ1v) is 7.04. The smallest absolute Gasteiger partial charge is 0.0708 e. The molecule has 0 aliphatic rings. The predicted molar refractivity (Wildman–Crippen MR) is 82.4 cm³/mol. The number of hydrogen-bond acceptors (Lipinski definition) is 2. The van der Waals surface area contributed by atoms with Crippen LogP contribution in [0.25, 0.3) is 10.9 Å². The number of aryl methyl sites for hydroxylation is 2. The largest absolute Gasteiger partial charge is 0.330 e. The SMILES string of the molecule is CCc1ccc2nc(C)cc(CC(C)(C)CN)c2c1. The van der Waals surface area contributed by atoms with E-state index in [2.05, 4.69) is 56.9 Å². The van der Waals surface area contributed by atoms with E-state index < -0.39 is 0 Å². The molecule has 0 unspecified atom stereocenters. The second-order valence-corrected chi connectivity index (χ2v) is 6.17. The summed E-state index contributed by atoms with van der Waals surface area (Å²) < 4.78 is 0. The zero-order chi connectivity index (χ0) is 14.0. The molecule has 0 amide bonds. The van der Waals surface area contributed by atoms with E-state index in [-0.39, 0.29) is 5.41 Å². The van der Waals surface area contributed by atoms with Gasteiger partial charge in [-0.3, -0.25) is 4.98 Å². The van der Waals surface area contributed by atoms with Gasteiger partial charge in [0.1, 0.15) is 0 Å². The van der Waals surface area contributed by atoms with Gasteiger partial charge in [0.2, 0.25) is 0 Å². The molecule has 0 spiro atoms. The Morgan fingerprint density at radius 3 is 2.58 bits per heavy atom. The summed E-state index contributed by atoms with van der Waals surface area (Å²) in [5.41, 5.74) is 10.9. The molecular weight excluding hydrogens is 232 g/mol. The lowest BCUT2D eigenvalue weighted by molar-refractivity contribution is 0.378. The average Bonchev–Trinajstić information content (AvgIpc) is 2.38. The highest BCUT2D eigenvalue weighted by Crippen LogP contribution is 2.27. The molecular formula is C17H24N2. The van der Waals surface area contributed by atoms with E-state index in [1.54, 1.807) is 0 Å². The van der Waals surface area contributed by atoms with Crippen molar-refractivity contribution in [1.29, 1.82) is 0 Å². The van der Waals surface area contributed by atoms with Crippen molar-refractivity contribution in [2.75, 3.05) is 6.54 Å². The maximum Gasteiger partial charge on any atom is 0.0708 e. The molecule has 0 saturated carbocycles. The zero-order valence-corrected chi connectivity index (χ0v) is 12.5. The minimum Gasteiger partial charge on any atom is -0.330 e. The number of benzene rings is 1. The third kappa shape index (κ3) is 3.13. The van der Waals surface area contributed by atoms with E-state index in [1.807, 2.05) is 0 Å². The van der Waals surface area contributed by atoms with Crippen molar-refractivity contribution in [3.8, 4) is 0 Å². The number of rotatable bonds is 4. The van der Waals surface area contributed by atoms with Gasteiger partial charge in [0.05, 0.1) is 5.52 Å². The quantitative estimate of drug-likeness (QED) is 0.907. The second-order valence-electron chi connectivity index (χ2n) is 6.17. The third-order valence-electron chi connectivity index (χ3n) is 3.72. The zero-order valence-electron chi connectivity index (χ0n) is 12.5. The van der Waals surface area contributed by atoms with E-state index in [9.17, 15) is 0 Å². The van der Waals surface area contributed by atoms with Gasteiger partial charge in [-0.2, -0.15) is 0 Å². The Hall–Kier alpha value is -1.41. The fourth-order valence-corrected chi connectivity index (χ4v) is 2.44. The van der Waals surface area contributed by atoms with E-state index in [4.69, 9.17) is 5.73 Å². The molecule has 2 nitrogen and oxygen atoms in total. The van der Waals surface area contributed by atoms with Crippen LogP contribution in [0.3, 0.4) is 0 Å². The van der Waals surface area contributed by atoms with Gasteiger partial charge in [-0.05, 0) is 61.1 Å². The molecule has 1 heterocycles. The molecule has 1 aromatic carbocycles. The number of aromatic nitrogens is 1. The molecule has 2 rings (SSSR count). The molecule has 0 aliphatic heterocycles. The number of nitrogens with two attached hydrogens (primary N) is 1. The first-order valence-electron chi connectivity index (χ1n) is 7.04. The van der Waals surface area contributed by atoms with Crippen molar-refractivity contribution in [3.63, 3.8) is 0 Å². The molecule has 0 bridgehead atoms. The van der Waals surface area contributed by atoms with Crippen molar-refractivity contribution in [2.24, 2.45) is 11.1 Å². The molecule has 0 radical (unpaired) electrons. The highest BCUT2D eigenvalue weighted by Gasteiger charge is 2.18. The average molecular weight is 256 g/mol. The van der Waals surface area contributed by atoms with Crippen molar-refractivity contribution < 1.29 is 0 Å².